The van der Waals surface area contributed by atoms with Crippen molar-refractivity contribution in [1.82, 2.24) is 10.2 Å². The first-order chi connectivity index (χ1) is 9.13. The van der Waals surface area contributed by atoms with Gasteiger partial charge in [-0.1, -0.05) is 18.2 Å². The fourth-order valence-electron chi connectivity index (χ4n) is 2.34. The fraction of sp³-hybridized carbons (Fsp3) is 0.500. The van der Waals surface area contributed by atoms with E-state index in [1.54, 1.807) is 24.1 Å². The van der Waals surface area contributed by atoms with E-state index in [0.717, 1.165) is 5.56 Å². The van der Waals surface area contributed by atoms with Gasteiger partial charge in [0.2, 0.25) is 5.91 Å². The number of ether oxygens (including phenoxy) is 1. The average Bonchev–Trinajstić information content (AvgIpc) is 2.88. The summed E-state index contributed by atoms with van der Waals surface area (Å²) in [7, 11) is 3.59. The van der Waals surface area contributed by atoms with Crippen molar-refractivity contribution in [2.75, 3.05) is 27.3 Å². The second-order valence-corrected chi connectivity index (χ2v) is 4.86. The number of benzene rings is 1. The van der Waals surface area contributed by atoms with Crippen LogP contribution in [0.4, 0.5) is 0 Å². The zero-order valence-electron chi connectivity index (χ0n) is 11.3. The molecule has 1 heterocycles. The molecule has 0 saturated carbocycles. The number of hydrogen-bond acceptors (Lipinski definition) is 4. The lowest BCUT2D eigenvalue weighted by molar-refractivity contribution is -0.135. The number of phenols is 1. The highest BCUT2D eigenvalue weighted by Crippen LogP contribution is 2.20. The van der Waals surface area contributed by atoms with Gasteiger partial charge in [-0.2, -0.15) is 0 Å². The van der Waals surface area contributed by atoms with Gasteiger partial charge < -0.3 is 20.1 Å². The molecule has 5 nitrogen and oxygen atoms in total. The summed E-state index contributed by atoms with van der Waals surface area (Å²) in [5, 5.41) is 12.8. The number of rotatable bonds is 4. The zero-order valence-corrected chi connectivity index (χ0v) is 11.3. The zero-order chi connectivity index (χ0) is 13.8. The number of carbonyl (C=O) groups is 1. The molecule has 2 rings (SSSR count). The third-order valence-corrected chi connectivity index (χ3v) is 3.54. The minimum Gasteiger partial charge on any atom is -0.508 e. The molecule has 0 aliphatic carbocycles. The van der Waals surface area contributed by atoms with Gasteiger partial charge in [-0.3, -0.25) is 4.79 Å². The Hall–Kier alpha value is -1.59. The Kier molecular flexibility index (Phi) is 4.39. The first-order valence-electron chi connectivity index (χ1n) is 6.40. The van der Waals surface area contributed by atoms with Crippen LogP contribution in [0.1, 0.15) is 5.56 Å². The normalized spacial score (nSPS) is 22.4. The minimum absolute atomic E-state index is 0.0418. The first-order valence-corrected chi connectivity index (χ1v) is 6.40. The highest BCUT2D eigenvalue weighted by molar-refractivity contribution is 5.79. The third-order valence-electron chi connectivity index (χ3n) is 3.54. The summed E-state index contributed by atoms with van der Waals surface area (Å²) < 4.78 is 5.35. The van der Waals surface area contributed by atoms with Crippen molar-refractivity contribution in [1.29, 1.82) is 0 Å². The van der Waals surface area contributed by atoms with E-state index in [2.05, 4.69) is 5.32 Å². The standard InChI is InChI=1S/C14H20N2O3/c1-15-12-9-19-8-11(12)14(18)16(2)7-10-5-3-4-6-13(10)17/h3-6,11-12,15,17H,7-9H2,1-2H3. The van der Waals surface area contributed by atoms with Crippen LogP contribution >= 0.6 is 0 Å². The van der Waals surface area contributed by atoms with Crippen LogP contribution in [0.2, 0.25) is 0 Å². The van der Waals surface area contributed by atoms with Crippen LogP contribution in [0.25, 0.3) is 0 Å². The van der Waals surface area contributed by atoms with Crippen LogP contribution in [0.5, 0.6) is 5.75 Å². The number of amides is 1. The molecule has 1 aliphatic rings. The van der Waals surface area contributed by atoms with E-state index in [9.17, 15) is 9.90 Å². The van der Waals surface area contributed by atoms with Crippen molar-refractivity contribution in [3.8, 4) is 5.75 Å². The maximum absolute atomic E-state index is 12.4. The predicted octanol–water partition coefficient (Wildman–Crippen LogP) is 0.585. The molecule has 0 aromatic heterocycles. The summed E-state index contributed by atoms with van der Waals surface area (Å²) >= 11 is 0. The number of para-hydroxylation sites is 1. The van der Waals surface area contributed by atoms with Gasteiger partial charge in [0, 0.05) is 25.2 Å². The molecule has 1 amide bonds. The Morgan fingerprint density at radius 3 is 2.89 bits per heavy atom. The van der Waals surface area contributed by atoms with Crippen molar-refractivity contribution >= 4 is 5.91 Å². The predicted molar refractivity (Wildman–Crippen MR) is 71.7 cm³/mol. The van der Waals surface area contributed by atoms with Crippen LogP contribution in [-0.4, -0.2) is 49.3 Å². The lowest BCUT2D eigenvalue weighted by Gasteiger charge is -2.24. The van der Waals surface area contributed by atoms with Crippen molar-refractivity contribution in [3.63, 3.8) is 0 Å². The van der Waals surface area contributed by atoms with E-state index in [-0.39, 0.29) is 23.6 Å². The van der Waals surface area contributed by atoms with Gasteiger partial charge in [-0.05, 0) is 13.1 Å². The molecule has 1 aromatic rings. The van der Waals surface area contributed by atoms with Crippen LogP contribution in [0.3, 0.4) is 0 Å². The number of carbonyl (C=O) groups excluding carboxylic acids is 1. The van der Waals surface area contributed by atoms with Gasteiger partial charge in [0.05, 0.1) is 19.1 Å². The van der Waals surface area contributed by atoms with Gasteiger partial charge in [-0.15, -0.1) is 0 Å². The molecule has 0 spiro atoms. The van der Waals surface area contributed by atoms with E-state index in [0.29, 0.717) is 19.8 Å². The molecule has 2 N–H and O–H groups in total. The van der Waals surface area contributed by atoms with E-state index in [4.69, 9.17) is 4.74 Å². The third kappa shape index (κ3) is 3.05. The van der Waals surface area contributed by atoms with Crippen LogP contribution < -0.4 is 5.32 Å². The molecule has 104 valence electrons. The van der Waals surface area contributed by atoms with Gasteiger partial charge in [-0.25, -0.2) is 0 Å². The number of likely N-dealkylation sites (N-methyl/N-ethyl adjacent to an activating group) is 1. The van der Waals surface area contributed by atoms with Crippen molar-refractivity contribution in [2.24, 2.45) is 5.92 Å². The van der Waals surface area contributed by atoms with Gasteiger partial charge >= 0.3 is 0 Å². The quantitative estimate of drug-likeness (QED) is 0.835. The lowest BCUT2D eigenvalue weighted by Crippen LogP contribution is -2.43. The summed E-state index contributed by atoms with van der Waals surface area (Å²) in [5.74, 6) is 0.107. The summed E-state index contributed by atoms with van der Waals surface area (Å²) in [6.07, 6.45) is 0. The number of aromatic hydroxyl groups is 1. The summed E-state index contributed by atoms with van der Waals surface area (Å²) in [6.45, 7) is 1.42. The van der Waals surface area contributed by atoms with Crippen LogP contribution in [-0.2, 0) is 16.1 Å². The lowest BCUT2D eigenvalue weighted by atomic mass is 10.0. The largest absolute Gasteiger partial charge is 0.508 e. The molecule has 1 aliphatic heterocycles. The molecule has 5 heteroatoms. The fourth-order valence-corrected chi connectivity index (χ4v) is 2.34. The van der Waals surface area contributed by atoms with E-state index in [1.807, 2.05) is 19.2 Å². The van der Waals surface area contributed by atoms with Crippen molar-refractivity contribution in [2.45, 2.75) is 12.6 Å². The Balaban J connectivity index is 2.02. The SMILES string of the molecule is CNC1COCC1C(=O)N(C)Cc1ccccc1O. The molecule has 2 atom stereocenters. The highest BCUT2D eigenvalue weighted by atomic mass is 16.5. The smallest absolute Gasteiger partial charge is 0.229 e. The Bertz CT molecular complexity index is 450. The highest BCUT2D eigenvalue weighted by Gasteiger charge is 2.34. The average molecular weight is 264 g/mol. The number of nitrogens with one attached hydrogen (secondary N) is 1. The van der Waals surface area contributed by atoms with Crippen LogP contribution in [0.15, 0.2) is 24.3 Å². The molecule has 1 aromatic carbocycles. The van der Waals surface area contributed by atoms with E-state index < -0.39 is 0 Å². The molecule has 19 heavy (non-hydrogen) atoms. The Morgan fingerprint density at radius 2 is 2.21 bits per heavy atom. The Morgan fingerprint density at radius 1 is 1.47 bits per heavy atom. The van der Waals surface area contributed by atoms with Crippen molar-refractivity contribution in [3.05, 3.63) is 29.8 Å². The van der Waals surface area contributed by atoms with Gasteiger partial charge in [0.15, 0.2) is 0 Å². The number of hydrogen-bond donors (Lipinski definition) is 2. The molecule has 1 fully saturated rings. The molecule has 0 radical (unpaired) electrons. The monoisotopic (exact) mass is 264 g/mol. The van der Waals surface area contributed by atoms with E-state index in [1.165, 1.54) is 0 Å². The Labute approximate surface area is 113 Å². The van der Waals surface area contributed by atoms with Crippen molar-refractivity contribution < 1.29 is 14.6 Å². The van der Waals surface area contributed by atoms with Gasteiger partial charge in [0.25, 0.3) is 0 Å². The second-order valence-electron chi connectivity index (χ2n) is 4.86. The molecule has 0 bridgehead atoms. The number of phenolic OH excluding ortho intramolecular Hbond substituents is 1. The summed E-state index contributed by atoms with van der Waals surface area (Å²) in [5.41, 5.74) is 0.748. The maximum Gasteiger partial charge on any atom is 0.229 e. The first kappa shape index (κ1) is 13.8. The number of nitrogens with zero attached hydrogens (tertiary/aromatic N) is 1. The minimum atomic E-state index is -0.152. The molecule has 2 unspecified atom stereocenters. The second kappa shape index (κ2) is 6.04. The molecular formula is C14H20N2O3. The summed E-state index contributed by atoms with van der Waals surface area (Å²) in [6, 6.07) is 7.13. The molecular weight excluding hydrogens is 244 g/mol. The maximum atomic E-state index is 12.4. The van der Waals surface area contributed by atoms with Crippen LogP contribution in [0, 0.1) is 5.92 Å². The molecule has 1 saturated heterocycles. The topological polar surface area (TPSA) is 61.8 Å². The van der Waals surface area contributed by atoms with E-state index >= 15 is 0 Å². The van der Waals surface area contributed by atoms with Gasteiger partial charge in [0.1, 0.15) is 5.75 Å². The summed E-state index contributed by atoms with van der Waals surface area (Å²) in [4.78, 5) is 14.0.